The van der Waals surface area contributed by atoms with E-state index in [1.165, 1.54) is 6.20 Å². The summed E-state index contributed by atoms with van der Waals surface area (Å²) in [5.41, 5.74) is 17.6. The third-order valence-corrected chi connectivity index (χ3v) is 9.44. The molecule has 3 amide bonds. The van der Waals surface area contributed by atoms with Gasteiger partial charge in [0.25, 0.3) is 11.5 Å². The summed E-state index contributed by atoms with van der Waals surface area (Å²) in [6.45, 7) is 5.16. The Morgan fingerprint density at radius 1 is 0.879 bits per heavy atom. The number of aromatic amines is 1. The van der Waals surface area contributed by atoms with Gasteiger partial charge in [-0.05, 0) is 69.0 Å². The molecule has 0 saturated carbocycles. The van der Waals surface area contributed by atoms with Gasteiger partial charge < -0.3 is 38.5 Å². The van der Waals surface area contributed by atoms with E-state index in [1.54, 1.807) is 45.0 Å². The van der Waals surface area contributed by atoms with E-state index in [0.29, 0.717) is 48.4 Å². The zero-order chi connectivity index (χ0) is 42.8. The molecule has 2 aromatic heterocycles. The van der Waals surface area contributed by atoms with Crippen LogP contribution in [0.5, 0.6) is 0 Å². The molecule has 0 aliphatic carbocycles. The summed E-state index contributed by atoms with van der Waals surface area (Å²) < 4.78 is 0. The maximum atomic E-state index is 13.3. The monoisotopic (exact) mass is 822 g/mol. The van der Waals surface area contributed by atoms with Crippen LogP contribution in [0.3, 0.4) is 0 Å². The number of carbonyl (C=O) groups is 6. The van der Waals surface area contributed by atoms with Crippen molar-refractivity contribution in [1.82, 2.24) is 35.9 Å². The number of nitrogens with one attached hydrogen (secondary N) is 5. The third kappa shape index (κ3) is 15.5. The largest absolute Gasteiger partial charge is 0.379 e. The quantitative estimate of drug-likeness (QED) is 0.0249. The number of carbonyl (C=O) groups excluding carboxylic acids is 6. The maximum absolute atomic E-state index is 13.3. The summed E-state index contributed by atoms with van der Waals surface area (Å²) >= 11 is 4.11. The molecule has 11 N–H and O–H groups in total. The first-order valence-corrected chi connectivity index (χ1v) is 19.7. The van der Waals surface area contributed by atoms with Crippen molar-refractivity contribution in [2.75, 3.05) is 29.9 Å². The molecule has 0 radical (unpaired) electrons. The van der Waals surface area contributed by atoms with E-state index in [4.69, 9.17) is 17.2 Å². The van der Waals surface area contributed by atoms with Gasteiger partial charge in [0.15, 0.2) is 34.5 Å². The zero-order valence-electron chi connectivity index (χ0n) is 33.0. The summed E-state index contributed by atoms with van der Waals surface area (Å²) in [6.07, 6.45) is 3.66. The molecule has 19 nitrogen and oxygen atoms in total. The van der Waals surface area contributed by atoms with Crippen molar-refractivity contribution in [2.24, 2.45) is 28.3 Å². The predicted molar refractivity (Wildman–Crippen MR) is 223 cm³/mol. The average molecular weight is 823 g/mol. The number of H-pyrrole nitrogens is 1. The van der Waals surface area contributed by atoms with Crippen LogP contribution in [0.2, 0.25) is 0 Å². The van der Waals surface area contributed by atoms with E-state index in [9.17, 15) is 33.6 Å². The Kier molecular flexibility index (Phi) is 18.7. The molecule has 3 rings (SSSR count). The van der Waals surface area contributed by atoms with Gasteiger partial charge in [-0.25, -0.2) is 9.97 Å². The standard InChI is InChI=1S/C38H54N12O7S/c1-21(33(54)48-28(9-5-15-42-37(39)40)30(53)17-22(2)34(55)46-23(3)29(52)10-6-16-58)7-4-8-27(51)20-45-35(56)24-11-13-25(14-12-24)43-18-26-19-44-32-31(47-26)36(57)50-38(41)49-32/h11-14,19,21-23,28,43,58H,4-10,15-18,20H2,1-3H3,(H,45,56)(H,46,55)(H,48,54)(H4,39,40,42)(H3,41,44,49,50,57)/t21-,22-,23+,28+/m0/s1. The van der Waals surface area contributed by atoms with Crippen LogP contribution in [0, 0.1) is 11.8 Å². The fourth-order valence-electron chi connectivity index (χ4n) is 5.67. The molecule has 0 aliphatic heterocycles. The predicted octanol–water partition coefficient (Wildman–Crippen LogP) is 0.930. The van der Waals surface area contributed by atoms with Gasteiger partial charge >= 0.3 is 0 Å². The maximum Gasteiger partial charge on any atom is 0.280 e. The molecule has 20 heteroatoms. The molecule has 2 heterocycles. The van der Waals surface area contributed by atoms with Gasteiger partial charge in [-0.15, -0.1) is 0 Å². The van der Waals surface area contributed by atoms with Crippen molar-refractivity contribution >= 4 is 76.5 Å². The molecule has 0 bridgehead atoms. The van der Waals surface area contributed by atoms with Crippen LogP contribution in [0.1, 0.15) is 88.2 Å². The number of hydrogen-bond donors (Lipinski definition) is 9. The number of guanidine groups is 1. The topological polar surface area (TPSA) is 312 Å². The first-order valence-electron chi connectivity index (χ1n) is 19.1. The Morgan fingerprint density at radius 3 is 2.28 bits per heavy atom. The number of benzene rings is 1. The molecular weight excluding hydrogens is 769 g/mol. The number of Topliss-reactive ketones (excluding diaryl/α,β-unsaturated/α-hetero) is 3. The van der Waals surface area contributed by atoms with Gasteiger partial charge in [0.1, 0.15) is 0 Å². The van der Waals surface area contributed by atoms with Crippen LogP contribution in [0.15, 0.2) is 40.2 Å². The summed E-state index contributed by atoms with van der Waals surface area (Å²) in [7, 11) is 0. The van der Waals surface area contributed by atoms with Crippen LogP contribution < -0.4 is 44.0 Å². The second kappa shape index (κ2) is 23.3. The fourth-order valence-corrected chi connectivity index (χ4v) is 5.83. The van der Waals surface area contributed by atoms with Crippen molar-refractivity contribution in [3.63, 3.8) is 0 Å². The Balaban J connectivity index is 1.43. The zero-order valence-corrected chi connectivity index (χ0v) is 33.9. The Bertz CT molecular complexity index is 2000. The smallest absolute Gasteiger partial charge is 0.280 e. The summed E-state index contributed by atoms with van der Waals surface area (Å²) in [6, 6.07) is 4.95. The number of nitrogens with two attached hydrogens (primary N) is 3. The molecule has 0 unspecified atom stereocenters. The van der Waals surface area contributed by atoms with Gasteiger partial charge in [0.2, 0.25) is 17.8 Å². The lowest BCUT2D eigenvalue weighted by atomic mass is 9.95. The van der Waals surface area contributed by atoms with Crippen molar-refractivity contribution in [1.29, 1.82) is 0 Å². The molecule has 0 saturated heterocycles. The fraction of sp³-hybridized carbons (Fsp3) is 0.500. The second-order valence-corrected chi connectivity index (χ2v) is 14.5. The number of rotatable bonds is 25. The van der Waals surface area contributed by atoms with Gasteiger partial charge in [-0.3, -0.25) is 43.5 Å². The van der Waals surface area contributed by atoms with E-state index in [1.807, 2.05) is 0 Å². The summed E-state index contributed by atoms with van der Waals surface area (Å²) in [5.74, 6) is -2.84. The highest BCUT2D eigenvalue weighted by Gasteiger charge is 2.28. The van der Waals surface area contributed by atoms with Crippen LogP contribution in [0.4, 0.5) is 11.6 Å². The lowest BCUT2D eigenvalue weighted by Gasteiger charge is -2.22. The number of hydrogen-bond acceptors (Lipinski definition) is 14. The third-order valence-electron chi connectivity index (χ3n) is 9.12. The lowest BCUT2D eigenvalue weighted by molar-refractivity contribution is -0.133. The average Bonchev–Trinajstić information content (AvgIpc) is 3.19. The molecule has 0 spiro atoms. The molecule has 0 fully saturated rings. The van der Waals surface area contributed by atoms with Crippen molar-refractivity contribution < 1.29 is 28.8 Å². The van der Waals surface area contributed by atoms with Crippen LogP contribution >= 0.6 is 12.6 Å². The minimum absolute atomic E-state index is 0.0522. The van der Waals surface area contributed by atoms with Crippen molar-refractivity contribution in [3.05, 3.63) is 52.1 Å². The lowest BCUT2D eigenvalue weighted by Crippen LogP contribution is -2.45. The first-order chi connectivity index (χ1) is 27.6. The van der Waals surface area contributed by atoms with Crippen LogP contribution in [-0.2, 0) is 30.5 Å². The minimum atomic E-state index is -0.903. The number of thiol groups is 1. The summed E-state index contributed by atoms with van der Waals surface area (Å²) in [4.78, 5) is 108. The van der Waals surface area contributed by atoms with E-state index in [2.05, 4.69) is 58.8 Å². The Morgan fingerprint density at radius 2 is 1.59 bits per heavy atom. The van der Waals surface area contributed by atoms with Gasteiger partial charge in [0.05, 0.1) is 37.1 Å². The van der Waals surface area contributed by atoms with Crippen LogP contribution in [-0.4, -0.2) is 91.9 Å². The Hall–Kier alpha value is -5.92. The number of aliphatic imine (C=N–C) groups is 1. The number of anilines is 2. The first kappa shape index (κ1) is 46.5. The van der Waals surface area contributed by atoms with Crippen LogP contribution in [0.25, 0.3) is 11.2 Å². The highest BCUT2D eigenvalue weighted by atomic mass is 32.1. The molecule has 1 aromatic carbocycles. The van der Waals surface area contributed by atoms with Gasteiger partial charge in [-0.2, -0.15) is 17.6 Å². The molecular formula is C38H54N12O7S. The summed E-state index contributed by atoms with van der Waals surface area (Å²) in [5, 5.41) is 11.2. The van der Waals surface area contributed by atoms with E-state index in [0.717, 1.165) is 0 Å². The molecule has 314 valence electrons. The molecule has 3 aromatic rings. The van der Waals surface area contributed by atoms with Crippen molar-refractivity contribution in [3.8, 4) is 0 Å². The molecule has 58 heavy (non-hydrogen) atoms. The van der Waals surface area contributed by atoms with Gasteiger partial charge in [-0.1, -0.05) is 13.8 Å². The van der Waals surface area contributed by atoms with Crippen molar-refractivity contribution in [2.45, 2.75) is 90.8 Å². The number of amides is 3. The highest BCUT2D eigenvalue weighted by Crippen LogP contribution is 2.15. The SMILES string of the molecule is C[C@@H](CC(=O)[C@@H](CCCN=C(N)N)NC(=O)[C@@H](C)CCCC(=O)CNC(=O)c1ccc(NCc2cnc3nc(N)[nH]c(=O)c3n2)cc1)C(=O)N[C@H](C)C(=O)CCCS. The van der Waals surface area contributed by atoms with E-state index < -0.39 is 41.3 Å². The second-order valence-electron chi connectivity index (χ2n) is 14.0. The number of aromatic nitrogens is 4. The number of fused-ring (bicyclic) bond motifs is 1. The normalized spacial score (nSPS) is 13.0. The Labute approximate surface area is 341 Å². The molecule has 4 atom stereocenters. The molecule has 0 aliphatic rings. The van der Waals surface area contributed by atoms with E-state index in [-0.39, 0.29) is 91.6 Å². The highest BCUT2D eigenvalue weighted by molar-refractivity contribution is 7.80. The van der Waals surface area contributed by atoms with E-state index >= 15 is 0 Å². The van der Waals surface area contributed by atoms with Gasteiger partial charge in [0, 0.05) is 48.9 Å². The number of nitrogens with zero attached hydrogens (tertiary/aromatic N) is 4. The number of ketones is 3. The number of nitrogen functional groups attached to an aromatic ring is 1. The minimum Gasteiger partial charge on any atom is -0.379 e.